The zero-order valence-electron chi connectivity index (χ0n) is 11.6. The summed E-state index contributed by atoms with van der Waals surface area (Å²) in [5.74, 6) is 1.08. The molecule has 0 atom stereocenters. The number of ketones is 1. The van der Waals surface area contributed by atoms with Crippen LogP contribution in [0.4, 0.5) is 5.69 Å². The van der Waals surface area contributed by atoms with Gasteiger partial charge in [-0.2, -0.15) is 0 Å². The second-order valence-corrected chi connectivity index (χ2v) is 6.06. The van der Waals surface area contributed by atoms with Crippen LogP contribution in [0.3, 0.4) is 0 Å². The van der Waals surface area contributed by atoms with Gasteiger partial charge in [0.05, 0.1) is 6.61 Å². The Kier molecular flexibility index (Phi) is 3.97. The summed E-state index contributed by atoms with van der Waals surface area (Å²) in [6.07, 6.45) is 2.16. The van der Waals surface area contributed by atoms with Gasteiger partial charge < -0.3 is 10.5 Å². The fraction of sp³-hybridized carbons (Fsp3) is 0.235. The molecule has 3 nitrogen and oxygen atoms in total. The lowest BCUT2D eigenvalue weighted by Gasteiger charge is -2.06. The molecule has 2 aromatic rings. The van der Waals surface area contributed by atoms with Crippen LogP contribution in [-0.2, 0) is 12.8 Å². The zero-order chi connectivity index (χ0) is 14.8. The quantitative estimate of drug-likeness (QED) is 0.677. The number of Topliss-reactive ketones (excluding diaryl/α,β-unsaturated/α-hetero) is 1. The average molecular weight is 346 g/mol. The average Bonchev–Trinajstić information content (AvgIpc) is 2.94. The first-order valence-corrected chi connectivity index (χ1v) is 7.75. The highest BCUT2D eigenvalue weighted by Crippen LogP contribution is 2.27. The molecule has 0 spiro atoms. The first-order chi connectivity index (χ1) is 10.1. The Labute approximate surface area is 132 Å². The van der Waals surface area contributed by atoms with E-state index >= 15 is 0 Å². The molecule has 0 bridgehead atoms. The van der Waals surface area contributed by atoms with Gasteiger partial charge in [0.1, 0.15) is 5.75 Å². The molecule has 0 fully saturated rings. The molecule has 4 heteroatoms. The van der Waals surface area contributed by atoms with Crippen LogP contribution in [0.5, 0.6) is 5.75 Å². The molecule has 0 saturated heterocycles. The third-order valence-corrected chi connectivity index (χ3v) is 4.38. The van der Waals surface area contributed by atoms with E-state index in [4.69, 9.17) is 10.5 Å². The first-order valence-electron chi connectivity index (χ1n) is 6.96. The van der Waals surface area contributed by atoms with Crippen molar-refractivity contribution >= 4 is 27.4 Å². The molecule has 2 N–H and O–H groups in total. The smallest absolute Gasteiger partial charge is 0.164 e. The van der Waals surface area contributed by atoms with Crippen LogP contribution < -0.4 is 10.5 Å². The molecule has 1 heterocycles. The van der Waals surface area contributed by atoms with E-state index in [0.29, 0.717) is 17.7 Å². The molecule has 0 aliphatic carbocycles. The Hall–Kier alpha value is -1.81. The van der Waals surface area contributed by atoms with Crippen molar-refractivity contribution in [3.05, 3.63) is 57.6 Å². The van der Waals surface area contributed by atoms with E-state index in [-0.39, 0.29) is 5.78 Å². The molecule has 2 aromatic carbocycles. The summed E-state index contributed by atoms with van der Waals surface area (Å²) in [5, 5.41) is 0. The number of fused-ring (bicyclic) bond motifs is 1. The number of halogens is 1. The van der Waals surface area contributed by atoms with Crippen molar-refractivity contribution in [1.29, 1.82) is 0 Å². The maximum absolute atomic E-state index is 12.3. The third-order valence-electron chi connectivity index (χ3n) is 3.69. The number of nitrogens with two attached hydrogens (primary N) is 1. The van der Waals surface area contributed by atoms with Crippen molar-refractivity contribution in [3.63, 3.8) is 0 Å². The number of aryl methyl sites for hydroxylation is 1. The number of ether oxygens (including phenoxy) is 1. The first kappa shape index (κ1) is 14.1. The lowest BCUT2D eigenvalue weighted by Crippen LogP contribution is -2.03. The summed E-state index contributed by atoms with van der Waals surface area (Å²) in [4.78, 5) is 12.3. The lowest BCUT2D eigenvalue weighted by molar-refractivity contribution is 0.0982. The Morgan fingerprint density at radius 3 is 2.95 bits per heavy atom. The Bertz CT molecular complexity index is 697. The number of anilines is 1. The van der Waals surface area contributed by atoms with E-state index in [1.165, 1.54) is 11.1 Å². The number of benzene rings is 2. The van der Waals surface area contributed by atoms with Crippen LogP contribution in [0, 0.1) is 0 Å². The van der Waals surface area contributed by atoms with Crippen molar-refractivity contribution in [1.82, 2.24) is 0 Å². The van der Waals surface area contributed by atoms with Gasteiger partial charge in [-0.3, -0.25) is 4.79 Å². The molecule has 0 saturated carbocycles. The van der Waals surface area contributed by atoms with Crippen LogP contribution in [0.25, 0.3) is 0 Å². The number of carbonyl (C=O) groups is 1. The highest BCUT2D eigenvalue weighted by atomic mass is 79.9. The van der Waals surface area contributed by atoms with Crippen LogP contribution in [0.15, 0.2) is 40.9 Å². The predicted molar refractivity (Wildman–Crippen MR) is 86.8 cm³/mol. The highest BCUT2D eigenvalue weighted by Gasteiger charge is 2.14. The molecular formula is C17H16BrNO2. The lowest BCUT2D eigenvalue weighted by atomic mass is 10.0. The molecule has 1 aliphatic heterocycles. The number of nitrogen functional groups attached to an aromatic ring is 1. The standard InChI is InChI=1S/C17H16BrNO2/c18-15-4-3-13(19)10-14(15)16(20)5-1-11-2-6-17-12(9-11)7-8-21-17/h2-4,6,9-10H,1,5,7-8,19H2. The van der Waals surface area contributed by atoms with Gasteiger partial charge in [0.15, 0.2) is 5.78 Å². The Balaban J connectivity index is 1.70. The van der Waals surface area contributed by atoms with Crippen LogP contribution >= 0.6 is 15.9 Å². The maximum Gasteiger partial charge on any atom is 0.164 e. The second-order valence-electron chi connectivity index (χ2n) is 5.20. The van der Waals surface area contributed by atoms with Gasteiger partial charge >= 0.3 is 0 Å². The van der Waals surface area contributed by atoms with Crippen molar-refractivity contribution < 1.29 is 9.53 Å². The fourth-order valence-corrected chi connectivity index (χ4v) is 3.01. The molecule has 3 rings (SSSR count). The van der Waals surface area contributed by atoms with Crippen molar-refractivity contribution in [2.45, 2.75) is 19.3 Å². The fourth-order valence-electron chi connectivity index (χ4n) is 2.54. The molecule has 21 heavy (non-hydrogen) atoms. The van der Waals surface area contributed by atoms with E-state index in [0.717, 1.165) is 29.7 Å². The summed E-state index contributed by atoms with van der Waals surface area (Å²) in [6.45, 7) is 0.758. The molecule has 1 aliphatic rings. The topological polar surface area (TPSA) is 52.3 Å². The molecule has 108 valence electrons. The van der Waals surface area contributed by atoms with E-state index in [1.807, 2.05) is 18.2 Å². The minimum atomic E-state index is 0.103. The molecule has 0 amide bonds. The molecule has 0 aromatic heterocycles. The monoisotopic (exact) mass is 345 g/mol. The van der Waals surface area contributed by atoms with E-state index in [2.05, 4.69) is 22.0 Å². The molecular weight excluding hydrogens is 330 g/mol. The third kappa shape index (κ3) is 3.10. The largest absolute Gasteiger partial charge is 0.493 e. The normalized spacial score (nSPS) is 12.8. The molecule has 0 radical (unpaired) electrons. The number of carbonyl (C=O) groups excluding carboxylic acids is 1. The SMILES string of the molecule is Nc1ccc(Br)c(C(=O)CCc2ccc3c(c2)CCO3)c1. The van der Waals surface area contributed by atoms with Gasteiger partial charge in [0.2, 0.25) is 0 Å². The maximum atomic E-state index is 12.3. The van der Waals surface area contributed by atoms with Gasteiger partial charge in [-0.15, -0.1) is 0 Å². The van der Waals surface area contributed by atoms with Gasteiger partial charge in [-0.05, 0) is 41.8 Å². The van der Waals surface area contributed by atoms with Crippen molar-refractivity contribution in [2.24, 2.45) is 0 Å². The summed E-state index contributed by atoms with van der Waals surface area (Å²) < 4.78 is 6.29. The second kappa shape index (κ2) is 5.90. The molecule has 0 unspecified atom stereocenters. The minimum absolute atomic E-state index is 0.103. The van der Waals surface area contributed by atoms with E-state index < -0.39 is 0 Å². The summed E-state index contributed by atoms with van der Waals surface area (Å²) in [6, 6.07) is 11.5. The number of hydrogen-bond acceptors (Lipinski definition) is 3. The predicted octanol–water partition coefficient (Wildman–Crippen LogP) is 3.78. The summed E-state index contributed by atoms with van der Waals surface area (Å²) >= 11 is 3.40. The number of hydrogen-bond donors (Lipinski definition) is 1. The zero-order valence-corrected chi connectivity index (χ0v) is 13.2. The van der Waals surface area contributed by atoms with Crippen LogP contribution in [0.1, 0.15) is 27.9 Å². The number of rotatable bonds is 4. The van der Waals surface area contributed by atoms with Gasteiger partial charge in [0, 0.05) is 28.6 Å². The van der Waals surface area contributed by atoms with Crippen LogP contribution in [-0.4, -0.2) is 12.4 Å². The van der Waals surface area contributed by atoms with E-state index in [1.54, 1.807) is 12.1 Å². The van der Waals surface area contributed by atoms with Crippen LogP contribution in [0.2, 0.25) is 0 Å². The van der Waals surface area contributed by atoms with Gasteiger partial charge in [-0.25, -0.2) is 0 Å². The summed E-state index contributed by atoms with van der Waals surface area (Å²) in [5.41, 5.74) is 9.42. The summed E-state index contributed by atoms with van der Waals surface area (Å²) in [7, 11) is 0. The van der Waals surface area contributed by atoms with Gasteiger partial charge in [-0.1, -0.05) is 28.1 Å². The van der Waals surface area contributed by atoms with Crippen molar-refractivity contribution in [2.75, 3.05) is 12.3 Å². The Morgan fingerprint density at radius 2 is 2.10 bits per heavy atom. The highest BCUT2D eigenvalue weighted by molar-refractivity contribution is 9.10. The van der Waals surface area contributed by atoms with Gasteiger partial charge in [0.25, 0.3) is 0 Å². The van der Waals surface area contributed by atoms with E-state index in [9.17, 15) is 4.79 Å². The minimum Gasteiger partial charge on any atom is -0.493 e. The Morgan fingerprint density at radius 1 is 1.24 bits per heavy atom. The van der Waals surface area contributed by atoms with Crippen molar-refractivity contribution in [3.8, 4) is 5.75 Å².